The molecule has 1 atom stereocenters. The summed E-state index contributed by atoms with van der Waals surface area (Å²) in [5, 5.41) is 13.6. The van der Waals surface area contributed by atoms with E-state index in [2.05, 4.69) is 0 Å². The zero-order valence-electron chi connectivity index (χ0n) is 18.9. The highest BCUT2D eigenvalue weighted by atomic mass is 35.5. The van der Waals surface area contributed by atoms with Gasteiger partial charge in [0.15, 0.2) is 23.2 Å². The lowest BCUT2D eigenvalue weighted by Crippen LogP contribution is -2.31. The summed E-state index contributed by atoms with van der Waals surface area (Å²) in [4.78, 5) is 28.3. The van der Waals surface area contributed by atoms with Crippen LogP contribution in [0.15, 0.2) is 101 Å². The molecule has 5 nitrogen and oxygen atoms in total. The maximum Gasteiger partial charge on any atom is 0.294 e. The van der Waals surface area contributed by atoms with Crippen LogP contribution in [0, 0.1) is 11.6 Å². The number of nitrogens with zero attached hydrogens (tertiary/aromatic N) is 1. The van der Waals surface area contributed by atoms with Crippen molar-refractivity contribution < 1.29 is 27.9 Å². The molecule has 1 N–H and O–H groups in total. The van der Waals surface area contributed by atoms with E-state index in [4.69, 9.17) is 16.0 Å². The average molecular weight is 516 g/mol. The maximum atomic E-state index is 14.2. The highest BCUT2D eigenvalue weighted by Gasteiger charge is 2.46. The zero-order chi connectivity index (χ0) is 25.8. The number of rotatable bonds is 4. The first kappa shape index (κ1) is 22.9. The lowest BCUT2D eigenvalue weighted by atomic mass is 9.91. The minimum Gasteiger partial charge on any atom is -0.503 e. The molecule has 0 spiro atoms. The van der Waals surface area contributed by atoms with Crippen LogP contribution in [-0.2, 0) is 4.79 Å². The van der Waals surface area contributed by atoms with Crippen LogP contribution in [-0.4, -0.2) is 16.8 Å². The number of hydrogen-bond acceptors (Lipinski definition) is 4. The SMILES string of the molecule is O=C(C1=C(O)C(=O)N(c2ccc(F)c(F)c2)C1c1cccc2ccccc12)c1cc2cc(Cl)ccc2o1. The Hall–Kier alpha value is -4.49. The number of Topliss-reactive ketones (excluding diaryl/α,β-unsaturated/α-hetero) is 1. The summed E-state index contributed by atoms with van der Waals surface area (Å²) >= 11 is 6.06. The number of ketones is 1. The van der Waals surface area contributed by atoms with Crippen molar-refractivity contribution in [2.24, 2.45) is 0 Å². The summed E-state index contributed by atoms with van der Waals surface area (Å²) in [7, 11) is 0. The summed E-state index contributed by atoms with van der Waals surface area (Å²) in [5.74, 6) is -4.82. The molecular formula is C29H16ClF2NO4. The largest absolute Gasteiger partial charge is 0.503 e. The quantitative estimate of drug-likeness (QED) is 0.255. The van der Waals surface area contributed by atoms with Gasteiger partial charge in [-0.25, -0.2) is 8.78 Å². The lowest BCUT2D eigenvalue weighted by Gasteiger charge is -2.27. The number of fused-ring (bicyclic) bond motifs is 2. The summed E-state index contributed by atoms with van der Waals surface area (Å²) in [6.45, 7) is 0. The standard InChI is InChI=1S/C29H16ClF2NO4/c30-17-8-11-23-16(12-17)13-24(37-23)27(34)25-26(20-7-3-5-15-4-1-2-6-19(15)20)33(29(36)28(25)35)18-9-10-21(31)22(32)14-18/h1-14,26,35H. The molecule has 2 heterocycles. The highest BCUT2D eigenvalue weighted by molar-refractivity contribution is 6.31. The van der Waals surface area contributed by atoms with Gasteiger partial charge in [-0.15, -0.1) is 0 Å². The number of hydrogen-bond donors (Lipinski definition) is 1. The third-order valence-electron chi connectivity index (χ3n) is 6.45. The van der Waals surface area contributed by atoms with Crippen LogP contribution in [0.4, 0.5) is 14.5 Å². The molecule has 0 saturated heterocycles. The summed E-state index contributed by atoms with van der Waals surface area (Å²) in [6.07, 6.45) is 0. The molecule has 37 heavy (non-hydrogen) atoms. The van der Waals surface area contributed by atoms with Gasteiger partial charge in [0.05, 0.1) is 11.6 Å². The molecule has 1 amide bonds. The van der Waals surface area contributed by atoms with Gasteiger partial charge in [0.2, 0.25) is 5.78 Å². The highest BCUT2D eigenvalue weighted by Crippen LogP contribution is 2.44. The summed E-state index contributed by atoms with van der Waals surface area (Å²) in [6, 6.07) is 20.8. The van der Waals surface area contributed by atoms with Gasteiger partial charge in [-0.05, 0) is 52.7 Å². The van der Waals surface area contributed by atoms with Gasteiger partial charge in [0.1, 0.15) is 5.58 Å². The Morgan fingerprint density at radius 1 is 0.892 bits per heavy atom. The minimum atomic E-state index is -1.17. The van der Waals surface area contributed by atoms with E-state index in [0.29, 0.717) is 26.9 Å². The minimum absolute atomic E-state index is 0.0208. The number of carbonyl (C=O) groups excluding carboxylic acids is 2. The van der Waals surface area contributed by atoms with Crippen LogP contribution in [0.2, 0.25) is 5.02 Å². The van der Waals surface area contributed by atoms with Crippen LogP contribution in [0.5, 0.6) is 0 Å². The first-order valence-electron chi connectivity index (χ1n) is 11.3. The molecule has 182 valence electrons. The van der Waals surface area contributed by atoms with Crippen molar-refractivity contribution in [3.05, 3.63) is 124 Å². The molecule has 1 aliphatic heterocycles. The fraction of sp³-hybridized carbons (Fsp3) is 0.0345. The van der Waals surface area contributed by atoms with Crippen molar-refractivity contribution in [3.63, 3.8) is 0 Å². The summed E-state index contributed by atoms with van der Waals surface area (Å²) in [5.41, 5.74) is 0.655. The van der Waals surface area contributed by atoms with Gasteiger partial charge in [-0.3, -0.25) is 14.5 Å². The molecule has 0 radical (unpaired) electrons. The number of furan rings is 1. The Kier molecular flexibility index (Phi) is 5.31. The molecule has 8 heteroatoms. The number of benzene rings is 4. The Bertz CT molecular complexity index is 1790. The molecule has 0 saturated carbocycles. The van der Waals surface area contributed by atoms with Crippen molar-refractivity contribution >= 4 is 50.7 Å². The van der Waals surface area contributed by atoms with Gasteiger partial charge in [-0.2, -0.15) is 0 Å². The van der Waals surface area contributed by atoms with Gasteiger partial charge in [0, 0.05) is 22.2 Å². The zero-order valence-corrected chi connectivity index (χ0v) is 19.7. The molecule has 0 bridgehead atoms. The van der Waals surface area contributed by atoms with Crippen molar-refractivity contribution in [1.82, 2.24) is 0 Å². The lowest BCUT2D eigenvalue weighted by molar-refractivity contribution is -0.117. The average Bonchev–Trinajstić information content (AvgIpc) is 3.43. The second-order valence-electron chi connectivity index (χ2n) is 8.63. The van der Waals surface area contributed by atoms with E-state index in [0.717, 1.165) is 22.4 Å². The van der Waals surface area contributed by atoms with Crippen LogP contribution in [0.1, 0.15) is 22.2 Å². The number of aliphatic hydroxyl groups is 1. The fourth-order valence-electron chi connectivity index (χ4n) is 4.78. The van der Waals surface area contributed by atoms with Gasteiger partial charge in [0.25, 0.3) is 5.91 Å². The van der Waals surface area contributed by atoms with E-state index >= 15 is 0 Å². The van der Waals surface area contributed by atoms with E-state index in [1.807, 2.05) is 24.3 Å². The van der Waals surface area contributed by atoms with E-state index in [-0.39, 0.29) is 17.0 Å². The molecule has 1 unspecified atom stereocenters. The van der Waals surface area contributed by atoms with E-state index in [1.54, 1.807) is 36.4 Å². The van der Waals surface area contributed by atoms with Gasteiger partial charge >= 0.3 is 0 Å². The van der Waals surface area contributed by atoms with Crippen molar-refractivity contribution in [2.75, 3.05) is 4.90 Å². The first-order valence-corrected chi connectivity index (χ1v) is 11.6. The van der Waals surface area contributed by atoms with Gasteiger partial charge < -0.3 is 9.52 Å². The van der Waals surface area contributed by atoms with Crippen LogP contribution in [0.25, 0.3) is 21.7 Å². The molecule has 0 fully saturated rings. The maximum absolute atomic E-state index is 14.2. The number of halogens is 3. The van der Waals surface area contributed by atoms with Crippen molar-refractivity contribution in [2.45, 2.75) is 6.04 Å². The predicted molar refractivity (Wildman–Crippen MR) is 136 cm³/mol. The third-order valence-corrected chi connectivity index (χ3v) is 6.69. The van der Waals surface area contributed by atoms with E-state index < -0.39 is 35.1 Å². The number of anilines is 1. The molecule has 0 aliphatic carbocycles. The number of aliphatic hydroxyl groups excluding tert-OH is 1. The Balaban J connectivity index is 1.57. The van der Waals surface area contributed by atoms with Crippen LogP contribution >= 0.6 is 11.6 Å². The van der Waals surface area contributed by atoms with Crippen molar-refractivity contribution in [1.29, 1.82) is 0 Å². The Labute approximate surface area is 213 Å². The first-order chi connectivity index (χ1) is 17.8. The Morgan fingerprint density at radius 2 is 1.68 bits per heavy atom. The third kappa shape index (κ3) is 3.67. The second kappa shape index (κ2) is 8.57. The fourth-order valence-corrected chi connectivity index (χ4v) is 4.96. The number of carbonyl (C=O) groups is 2. The molecule has 6 rings (SSSR count). The van der Waals surface area contributed by atoms with Crippen LogP contribution in [0.3, 0.4) is 0 Å². The monoisotopic (exact) mass is 515 g/mol. The summed E-state index contributed by atoms with van der Waals surface area (Å²) < 4.78 is 33.7. The molecular weight excluding hydrogens is 500 g/mol. The van der Waals surface area contributed by atoms with E-state index in [9.17, 15) is 23.5 Å². The van der Waals surface area contributed by atoms with Gasteiger partial charge in [-0.1, -0.05) is 54.1 Å². The molecule has 4 aromatic carbocycles. The normalized spacial score (nSPS) is 15.8. The topological polar surface area (TPSA) is 70.8 Å². The van der Waals surface area contributed by atoms with Crippen molar-refractivity contribution in [3.8, 4) is 0 Å². The molecule has 5 aromatic rings. The predicted octanol–water partition coefficient (Wildman–Crippen LogP) is 7.30. The smallest absolute Gasteiger partial charge is 0.294 e. The number of amides is 1. The van der Waals surface area contributed by atoms with Crippen LogP contribution < -0.4 is 4.90 Å². The molecule has 1 aromatic heterocycles. The van der Waals surface area contributed by atoms with E-state index in [1.165, 1.54) is 12.1 Å². The molecule has 1 aliphatic rings. The Morgan fingerprint density at radius 3 is 2.49 bits per heavy atom. The second-order valence-corrected chi connectivity index (χ2v) is 9.07.